The first-order chi connectivity index (χ1) is 7.78. The van der Waals surface area contributed by atoms with Gasteiger partial charge in [-0.05, 0) is 58.8 Å². The van der Waals surface area contributed by atoms with Crippen molar-refractivity contribution in [2.45, 2.75) is 19.9 Å². The van der Waals surface area contributed by atoms with Crippen LogP contribution in [-0.4, -0.2) is 0 Å². The Hall–Kier alpha value is -0.970. The number of furan rings is 1. The lowest BCUT2D eigenvalue weighted by molar-refractivity contribution is 0.493. The van der Waals surface area contributed by atoms with Gasteiger partial charge in [-0.1, -0.05) is 19.1 Å². The minimum atomic E-state index is 0.732. The standard InChI is InChI=1S/C13H14INO/c1-2-10-4-3-5-11(8-10)15-9-12-6-7-13(14)16-12/h3-8,15H,2,9H2,1H3. The minimum Gasteiger partial charge on any atom is -0.454 e. The maximum Gasteiger partial charge on any atom is 0.164 e. The van der Waals surface area contributed by atoms with Gasteiger partial charge in [-0.15, -0.1) is 0 Å². The molecule has 1 aromatic carbocycles. The molecule has 1 N–H and O–H groups in total. The second kappa shape index (κ2) is 5.39. The lowest BCUT2D eigenvalue weighted by Crippen LogP contribution is -1.98. The fraction of sp³-hybridized carbons (Fsp3) is 0.231. The zero-order valence-corrected chi connectivity index (χ0v) is 11.3. The van der Waals surface area contributed by atoms with Crippen molar-refractivity contribution in [3.63, 3.8) is 0 Å². The summed E-state index contributed by atoms with van der Waals surface area (Å²) in [6, 6.07) is 12.4. The summed E-state index contributed by atoms with van der Waals surface area (Å²) in [6.45, 7) is 2.89. The lowest BCUT2D eigenvalue weighted by Gasteiger charge is -2.05. The van der Waals surface area contributed by atoms with Gasteiger partial charge in [-0.2, -0.15) is 0 Å². The van der Waals surface area contributed by atoms with E-state index in [1.807, 2.05) is 12.1 Å². The van der Waals surface area contributed by atoms with Gasteiger partial charge in [0.05, 0.1) is 6.54 Å². The van der Waals surface area contributed by atoms with Gasteiger partial charge in [-0.25, -0.2) is 0 Å². The van der Waals surface area contributed by atoms with E-state index in [-0.39, 0.29) is 0 Å². The minimum absolute atomic E-state index is 0.732. The van der Waals surface area contributed by atoms with Crippen molar-refractivity contribution in [3.8, 4) is 0 Å². The highest BCUT2D eigenvalue weighted by molar-refractivity contribution is 14.1. The van der Waals surface area contributed by atoms with Crippen molar-refractivity contribution in [3.05, 3.63) is 51.5 Å². The number of anilines is 1. The second-order valence-corrected chi connectivity index (χ2v) is 4.68. The van der Waals surface area contributed by atoms with Crippen LogP contribution in [0.3, 0.4) is 0 Å². The third kappa shape index (κ3) is 3.01. The molecule has 0 atom stereocenters. The number of halogens is 1. The summed E-state index contributed by atoms with van der Waals surface area (Å²) in [6.07, 6.45) is 1.06. The molecule has 0 amide bonds. The molecule has 0 aliphatic carbocycles. The van der Waals surface area contributed by atoms with Crippen molar-refractivity contribution < 1.29 is 4.42 Å². The SMILES string of the molecule is CCc1cccc(NCc2ccc(I)o2)c1. The van der Waals surface area contributed by atoms with Crippen LogP contribution in [0, 0.1) is 3.77 Å². The number of rotatable bonds is 4. The smallest absolute Gasteiger partial charge is 0.164 e. The van der Waals surface area contributed by atoms with Gasteiger partial charge in [-0.3, -0.25) is 0 Å². The van der Waals surface area contributed by atoms with Crippen LogP contribution >= 0.6 is 22.6 Å². The zero-order chi connectivity index (χ0) is 11.4. The van der Waals surface area contributed by atoms with Crippen LogP contribution in [0.15, 0.2) is 40.8 Å². The highest BCUT2D eigenvalue weighted by Crippen LogP contribution is 2.14. The van der Waals surface area contributed by atoms with E-state index in [0.29, 0.717) is 0 Å². The Kier molecular flexibility index (Phi) is 3.88. The Labute approximate surface area is 109 Å². The van der Waals surface area contributed by atoms with E-state index < -0.39 is 0 Å². The molecule has 2 nitrogen and oxygen atoms in total. The van der Waals surface area contributed by atoms with Gasteiger partial charge >= 0.3 is 0 Å². The van der Waals surface area contributed by atoms with Crippen LogP contribution in [0.5, 0.6) is 0 Å². The molecule has 0 aliphatic heterocycles. The summed E-state index contributed by atoms with van der Waals surface area (Å²) in [5.74, 6) is 0.964. The third-order valence-electron chi connectivity index (χ3n) is 2.43. The molecule has 0 radical (unpaired) electrons. The molecule has 0 bridgehead atoms. The molecule has 0 saturated heterocycles. The van der Waals surface area contributed by atoms with E-state index >= 15 is 0 Å². The van der Waals surface area contributed by atoms with Gasteiger partial charge in [0.2, 0.25) is 0 Å². The Morgan fingerprint density at radius 3 is 2.81 bits per heavy atom. The first-order valence-electron chi connectivity index (χ1n) is 5.35. The quantitative estimate of drug-likeness (QED) is 0.857. The van der Waals surface area contributed by atoms with E-state index in [2.05, 4.69) is 59.1 Å². The highest BCUT2D eigenvalue weighted by Gasteiger charge is 1.99. The van der Waals surface area contributed by atoms with Gasteiger partial charge < -0.3 is 9.73 Å². The highest BCUT2D eigenvalue weighted by atomic mass is 127. The van der Waals surface area contributed by atoms with Crippen LogP contribution in [0.25, 0.3) is 0 Å². The molecule has 1 aromatic heterocycles. The number of benzene rings is 1. The van der Waals surface area contributed by atoms with Gasteiger partial charge in [0.25, 0.3) is 0 Å². The summed E-state index contributed by atoms with van der Waals surface area (Å²) < 4.78 is 6.41. The Bertz CT molecular complexity index is 464. The topological polar surface area (TPSA) is 25.2 Å². The van der Waals surface area contributed by atoms with Gasteiger partial charge in [0.1, 0.15) is 5.76 Å². The molecule has 1 heterocycles. The third-order valence-corrected chi connectivity index (χ3v) is 3.01. The maximum absolute atomic E-state index is 5.49. The monoisotopic (exact) mass is 327 g/mol. The number of hydrogen-bond acceptors (Lipinski definition) is 2. The molecule has 0 aliphatic rings. The predicted octanol–water partition coefficient (Wildman–Crippen LogP) is 4.06. The largest absolute Gasteiger partial charge is 0.454 e. The van der Waals surface area contributed by atoms with Crippen molar-refractivity contribution in [2.75, 3.05) is 5.32 Å². The van der Waals surface area contributed by atoms with Crippen molar-refractivity contribution in [1.82, 2.24) is 0 Å². The summed E-state index contributed by atoms with van der Waals surface area (Å²) in [7, 11) is 0. The van der Waals surface area contributed by atoms with Crippen molar-refractivity contribution >= 4 is 28.3 Å². The average molecular weight is 327 g/mol. The lowest BCUT2D eigenvalue weighted by atomic mass is 10.1. The molecule has 0 fully saturated rings. The second-order valence-electron chi connectivity index (χ2n) is 3.61. The van der Waals surface area contributed by atoms with E-state index in [0.717, 1.165) is 28.2 Å². The fourth-order valence-corrected chi connectivity index (χ4v) is 2.00. The first kappa shape index (κ1) is 11.5. The number of aryl methyl sites for hydroxylation is 1. The van der Waals surface area contributed by atoms with Crippen molar-refractivity contribution in [2.24, 2.45) is 0 Å². The zero-order valence-electron chi connectivity index (χ0n) is 9.16. The Morgan fingerprint density at radius 1 is 1.25 bits per heavy atom. The van der Waals surface area contributed by atoms with E-state index in [9.17, 15) is 0 Å². The van der Waals surface area contributed by atoms with E-state index in [1.54, 1.807) is 0 Å². The Morgan fingerprint density at radius 2 is 2.12 bits per heavy atom. The average Bonchev–Trinajstić information content (AvgIpc) is 2.73. The van der Waals surface area contributed by atoms with Crippen molar-refractivity contribution in [1.29, 1.82) is 0 Å². The van der Waals surface area contributed by atoms with Crippen LogP contribution in [0.2, 0.25) is 0 Å². The van der Waals surface area contributed by atoms with Crippen LogP contribution in [0.4, 0.5) is 5.69 Å². The molecule has 84 valence electrons. The Balaban J connectivity index is 1.99. The summed E-state index contributed by atoms with van der Waals surface area (Å²) >= 11 is 2.17. The molecule has 0 saturated carbocycles. The fourth-order valence-electron chi connectivity index (χ4n) is 1.54. The first-order valence-corrected chi connectivity index (χ1v) is 6.43. The summed E-state index contributed by atoms with van der Waals surface area (Å²) in [5, 5.41) is 3.35. The molecular weight excluding hydrogens is 313 g/mol. The van der Waals surface area contributed by atoms with Crippen LogP contribution < -0.4 is 5.32 Å². The molecule has 2 aromatic rings. The summed E-state index contributed by atoms with van der Waals surface area (Å²) in [5.41, 5.74) is 2.49. The molecular formula is C13H14INO. The van der Waals surface area contributed by atoms with Gasteiger partial charge in [0.15, 0.2) is 3.77 Å². The number of nitrogens with one attached hydrogen (secondary N) is 1. The number of hydrogen-bond donors (Lipinski definition) is 1. The maximum atomic E-state index is 5.49. The predicted molar refractivity (Wildman–Crippen MR) is 74.6 cm³/mol. The molecule has 0 unspecified atom stereocenters. The molecule has 0 spiro atoms. The summed E-state index contributed by atoms with van der Waals surface area (Å²) in [4.78, 5) is 0. The van der Waals surface area contributed by atoms with E-state index in [4.69, 9.17) is 4.42 Å². The van der Waals surface area contributed by atoms with Gasteiger partial charge in [0, 0.05) is 5.69 Å². The molecule has 16 heavy (non-hydrogen) atoms. The van der Waals surface area contributed by atoms with Crippen LogP contribution in [0.1, 0.15) is 18.2 Å². The van der Waals surface area contributed by atoms with E-state index in [1.165, 1.54) is 5.56 Å². The molecule has 2 rings (SSSR count). The molecule has 3 heteroatoms. The normalized spacial score (nSPS) is 10.4. The van der Waals surface area contributed by atoms with Crippen LogP contribution in [-0.2, 0) is 13.0 Å².